The molecule has 2 amide bonds. The molecule has 19 nitrogen and oxygen atoms in total. The Bertz CT molecular complexity index is 3090. The predicted octanol–water partition coefficient (Wildman–Crippen LogP) is 7.47. The number of aryl methyl sites for hydroxylation is 1. The molecule has 2 bridgehead atoms. The highest BCUT2D eigenvalue weighted by Crippen LogP contribution is 2.44. The van der Waals surface area contributed by atoms with Crippen LogP contribution in [0.25, 0.3) is 22.2 Å². The fourth-order valence-corrected chi connectivity index (χ4v) is 13.9. The maximum Gasteiger partial charge on any atom is 0.243 e. The summed E-state index contributed by atoms with van der Waals surface area (Å²) in [6, 6.07) is 16.5. The number of aromatic hydroxyl groups is 1. The number of para-hydroxylation sites is 1. The van der Waals surface area contributed by atoms with E-state index in [0.717, 1.165) is 118 Å². The van der Waals surface area contributed by atoms with Crippen LogP contribution in [-0.2, 0) is 9.59 Å². The van der Waals surface area contributed by atoms with Gasteiger partial charge >= 0.3 is 0 Å². The average Bonchev–Trinajstić information content (AvgIpc) is 4.46. The Morgan fingerprint density at radius 2 is 1.60 bits per heavy atom. The molecule has 2 aromatic carbocycles. The number of hydrogen-bond acceptors (Lipinski definition) is 17. The number of piperidine rings is 3. The number of phenolic OH excluding ortho intramolecular Hbond substituents is 1. The van der Waals surface area contributed by atoms with Gasteiger partial charge in [0.05, 0.1) is 40.0 Å². The van der Waals surface area contributed by atoms with Crippen LogP contribution >= 0.6 is 11.3 Å². The zero-order valence-electron chi connectivity index (χ0n) is 45.1. The number of aliphatic hydroxyl groups is 1. The van der Waals surface area contributed by atoms with Crippen molar-refractivity contribution in [2.75, 3.05) is 60.5 Å². The largest absolute Gasteiger partial charge is 0.507 e. The highest BCUT2D eigenvalue weighted by molar-refractivity contribution is 7.13. The molecule has 78 heavy (non-hydrogen) atoms. The fourth-order valence-electron chi connectivity index (χ4n) is 13.0. The van der Waals surface area contributed by atoms with Crippen molar-refractivity contribution in [3.63, 3.8) is 0 Å². The zero-order chi connectivity index (χ0) is 54.4. The normalized spacial score (nSPS) is 23.3. The lowest BCUT2D eigenvalue weighted by Crippen LogP contribution is -2.48. The van der Waals surface area contributed by atoms with Crippen molar-refractivity contribution < 1.29 is 24.3 Å². The van der Waals surface area contributed by atoms with E-state index < -0.39 is 18.1 Å². The summed E-state index contributed by atoms with van der Waals surface area (Å²) in [4.78, 5) is 52.5. The number of anilines is 4. The van der Waals surface area contributed by atoms with Gasteiger partial charge in [0, 0.05) is 74.4 Å². The Morgan fingerprint density at radius 1 is 0.897 bits per heavy atom. The van der Waals surface area contributed by atoms with Gasteiger partial charge in [0.2, 0.25) is 17.8 Å². The highest BCUT2D eigenvalue weighted by atomic mass is 32.1. The predicted molar refractivity (Wildman–Crippen MR) is 303 cm³/mol. The summed E-state index contributed by atoms with van der Waals surface area (Å²) in [6.45, 7) is 12.8. The Hall–Kier alpha value is -7.03. The van der Waals surface area contributed by atoms with Crippen LogP contribution in [-0.4, -0.2) is 125 Å². The van der Waals surface area contributed by atoms with Gasteiger partial charge in [-0.3, -0.25) is 14.3 Å². The van der Waals surface area contributed by atoms with E-state index in [1.165, 1.54) is 10.5 Å². The molecule has 4 aromatic heterocycles. The second kappa shape index (κ2) is 22.4. The van der Waals surface area contributed by atoms with E-state index in [1.807, 2.05) is 74.3 Å². The summed E-state index contributed by atoms with van der Waals surface area (Å²) >= 11 is 1.60. The minimum Gasteiger partial charge on any atom is -0.507 e. The lowest BCUT2D eigenvalue weighted by atomic mass is 9.89. The first kappa shape index (κ1) is 53.0. The number of likely N-dealkylation sites (tertiary alicyclic amines) is 2. The van der Waals surface area contributed by atoms with Crippen molar-refractivity contribution in [3.8, 4) is 16.2 Å². The molecule has 0 saturated carbocycles. The van der Waals surface area contributed by atoms with E-state index >= 15 is 0 Å². The number of benzene rings is 2. The van der Waals surface area contributed by atoms with E-state index in [0.29, 0.717) is 40.2 Å². The van der Waals surface area contributed by atoms with Crippen molar-refractivity contribution in [2.24, 2.45) is 17.6 Å². The number of carbonyl (C=O) groups excluding carboxylic acids is 2. The number of amides is 2. The van der Waals surface area contributed by atoms with E-state index in [-0.39, 0.29) is 66.4 Å². The van der Waals surface area contributed by atoms with Crippen molar-refractivity contribution >= 4 is 58.2 Å². The molecule has 0 aliphatic carbocycles. The van der Waals surface area contributed by atoms with Crippen molar-refractivity contribution in [1.29, 1.82) is 0 Å². The molecular formula is C58H74N14O5S. The minimum absolute atomic E-state index is 0.0723. The number of β-amino-alcohol motifs (C(OH)–C–C–N with tert-alkyl or cyclic N) is 1. The molecule has 11 rings (SSSR count). The monoisotopic (exact) mass is 1080 g/mol. The molecule has 0 radical (unpaired) electrons. The maximum absolute atomic E-state index is 14.4. The molecule has 6 atom stereocenters. The number of nitrogens with two attached hydrogens (primary N) is 3. The highest BCUT2D eigenvalue weighted by Gasteiger charge is 2.45. The third-order valence-corrected chi connectivity index (χ3v) is 18.4. The van der Waals surface area contributed by atoms with Crippen LogP contribution in [0.4, 0.5) is 23.3 Å². The number of nitrogen functional groups attached to an aromatic ring is 2. The molecule has 5 saturated heterocycles. The van der Waals surface area contributed by atoms with Crippen LogP contribution in [0, 0.1) is 18.8 Å². The van der Waals surface area contributed by atoms with E-state index in [1.54, 1.807) is 35.6 Å². The maximum atomic E-state index is 14.4. The van der Waals surface area contributed by atoms with Crippen LogP contribution in [0.5, 0.6) is 5.75 Å². The molecule has 3 unspecified atom stereocenters. The van der Waals surface area contributed by atoms with Crippen LogP contribution < -0.4 is 32.3 Å². The SMILES string of the molecule is Cc1ncsc1-c1ccc([C@H](C)NC(=O)[C@@H]2C[C@@H](O)CN2C(=O)C(c2cc(N3CCC(CN4CCC(c5cnc(N6C7CCC6CC(n6nc(N)c(N)c6/C=C(\N)c6ccccc6O)C7)nc5)CC4)CC3)no2)C(C)C)cc1. The van der Waals surface area contributed by atoms with Gasteiger partial charge < -0.3 is 56.9 Å². The number of aliphatic hydroxyl groups excluding tert-OH is 1. The molecule has 6 aromatic rings. The first-order valence-corrected chi connectivity index (χ1v) is 28.8. The molecule has 5 aliphatic rings. The topological polar surface area (TPSA) is 260 Å². The third kappa shape index (κ3) is 10.8. The summed E-state index contributed by atoms with van der Waals surface area (Å²) in [5.41, 5.74) is 27.2. The van der Waals surface area contributed by atoms with Crippen molar-refractivity contribution in [3.05, 3.63) is 106 Å². The van der Waals surface area contributed by atoms with Gasteiger partial charge in [0.15, 0.2) is 17.4 Å². The lowest BCUT2D eigenvalue weighted by Gasteiger charge is -2.39. The van der Waals surface area contributed by atoms with E-state index in [4.69, 9.17) is 31.7 Å². The quantitative estimate of drug-likeness (QED) is 0.0583. The number of thiazole rings is 1. The van der Waals surface area contributed by atoms with Gasteiger partial charge in [-0.05, 0) is 131 Å². The molecule has 20 heteroatoms. The molecule has 9 N–H and O–H groups in total. The van der Waals surface area contributed by atoms with Crippen molar-refractivity contribution in [2.45, 2.75) is 134 Å². The van der Waals surface area contributed by atoms with Crippen molar-refractivity contribution in [1.82, 2.24) is 45.0 Å². The Balaban J connectivity index is 0.642. The second-order valence-electron chi connectivity index (χ2n) is 22.8. The summed E-state index contributed by atoms with van der Waals surface area (Å²) < 4.78 is 7.89. The number of carbonyl (C=O) groups is 2. The Morgan fingerprint density at radius 3 is 2.27 bits per heavy atom. The molecule has 9 heterocycles. The summed E-state index contributed by atoms with van der Waals surface area (Å²) in [7, 11) is 0. The van der Waals surface area contributed by atoms with Gasteiger partial charge in [-0.2, -0.15) is 5.10 Å². The molecule has 412 valence electrons. The number of nitrogens with zero attached hydrogens (tertiary/aromatic N) is 10. The first-order valence-electron chi connectivity index (χ1n) is 27.9. The van der Waals surface area contributed by atoms with Crippen LogP contribution in [0.2, 0.25) is 0 Å². The average molecular weight is 1080 g/mol. The summed E-state index contributed by atoms with van der Waals surface area (Å²) in [5.74, 6) is 2.04. The van der Waals surface area contributed by atoms with Gasteiger partial charge in [0.25, 0.3) is 0 Å². The van der Waals surface area contributed by atoms with Crippen LogP contribution in [0.3, 0.4) is 0 Å². The van der Waals surface area contributed by atoms with Gasteiger partial charge in [-0.15, -0.1) is 11.3 Å². The van der Waals surface area contributed by atoms with Gasteiger partial charge in [-0.1, -0.05) is 55.4 Å². The number of aromatic nitrogens is 6. The van der Waals surface area contributed by atoms with Crippen LogP contribution in [0.1, 0.15) is 136 Å². The number of phenols is 1. The van der Waals surface area contributed by atoms with Crippen LogP contribution in [0.15, 0.2) is 77.0 Å². The molecule has 0 spiro atoms. The smallest absolute Gasteiger partial charge is 0.243 e. The number of nitrogens with one attached hydrogen (secondary N) is 1. The number of fused-ring (bicyclic) bond motifs is 2. The van der Waals surface area contributed by atoms with Gasteiger partial charge in [0.1, 0.15) is 23.4 Å². The molecule has 5 aliphatic heterocycles. The summed E-state index contributed by atoms with van der Waals surface area (Å²) in [6.07, 6.45) is 13.3. The Kier molecular flexibility index (Phi) is 15.2. The second-order valence-corrected chi connectivity index (χ2v) is 23.7. The van der Waals surface area contributed by atoms with Gasteiger partial charge in [-0.25, -0.2) is 15.0 Å². The lowest BCUT2D eigenvalue weighted by molar-refractivity contribution is -0.141. The first-order chi connectivity index (χ1) is 37.7. The minimum atomic E-state index is -0.806. The third-order valence-electron chi connectivity index (χ3n) is 17.4. The number of rotatable bonds is 15. The molecular weight excluding hydrogens is 1000 g/mol. The fraction of sp³-hybridized carbons (Fsp3) is 0.500. The Labute approximate surface area is 459 Å². The van der Waals surface area contributed by atoms with E-state index in [2.05, 4.69) is 47.6 Å². The standard InChI is InChI=1S/C58H74N14O5S/c1-33(2)52(57(76)70-31-44(73)25-48(70)56(75)65-34(3)37-9-11-39(12-10-37)54-35(4)64-32-78-54)50-27-51(67-77-50)69-21-15-36(16-22-69)30-68-19-17-38(18-20-68)40-28-62-58(63-29-40)71-41-13-14-42(71)24-43(23-41)72-47(53(60)55(61)66-72)26-46(59)45-7-5-6-8-49(45)74/h5-12,26-29,32-34,36,38,41-44,48,52,73-74H,13-25,30-31,59-60H2,1-4H3,(H2,61,66)(H,65,75)/b46-26-/t34-,41?,42?,43?,44+,48-,52?/m0/s1. The molecule has 5 fully saturated rings. The zero-order valence-corrected chi connectivity index (χ0v) is 45.9. The number of hydrogen-bond donors (Lipinski definition) is 6. The van der Waals surface area contributed by atoms with E-state index in [9.17, 15) is 19.8 Å². The summed E-state index contributed by atoms with van der Waals surface area (Å²) in [5, 5.41) is 33.5.